The van der Waals surface area contributed by atoms with Gasteiger partial charge in [0.25, 0.3) is 0 Å². The normalized spacial score (nSPS) is 13.0. The summed E-state index contributed by atoms with van der Waals surface area (Å²) in [5.41, 5.74) is 4.46. The van der Waals surface area contributed by atoms with Gasteiger partial charge in [-0.3, -0.25) is 0 Å². The Morgan fingerprint density at radius 1 is 1.33 bits per heavy atom. The quantitative estimate of drug-likeness (QED) is 0.450. The van der Waals surface area contributed by atoms with E-state index >= 15 is 0 Å². The number of hydrogen-bond acceptors (Lipinski definition) is 5. The number of allylic oxidation sites excluding steroid dienone is 5. The van der Waals surface area contributed by atoms with Crippen LogP contribution in [0.25, 0.3) is 11.2 Å². The molecule has 2 rings (SSSR count). The number of pyridine rings is 1. The Hall–Kier alpha value is -2.47. The summed E-state index contributed by atoms with van der Waals surface area (Å²) in [5.74, 6) is 0. The van der Waals surface area contributed by atoms with E-state index in [-0.39, 0.29) is 0 Å². The van der Waals surface area contributed by atoms with Gasteiger partial charge in [0.2, 0.25) is 5.65 Å². The molecule has 2 aromatic rings. The Balaban J connectivity index is 2.57. The molecule has 0 fully saturated rings. The molecule has 126 valence electrons. The highest BCUT2D eigenvalue weighted by molar-refractivity contribution is 6.29. The highest BCUT2D eigenvalue weighted by atomic mass is 35.5. The van der Waals surface area contributed by atoms with Gasteiger partial charge in [-0.15, -0.1) is 0 Å². The van der Waals surface area contributed by atoms with Gasteiger partial charge in [0, 0.05) is 36.8 Å². The van der Waals surface area contributed by atoms with Crippen LogP contribution in [0, 0.1) is 6.92 Å². The van der Waals surface area contributed by atoms with Crippen molar-refractivity contribution in [2.45, 2.75) is 20.3 Å². The van der Waals surface area contributed by atoms with E-state index in [1.807, 2.05) is 45.0 Å². The van der Waals surface area contributed by atoms with E-state index in [0.717, 1.165) is 16.8 Å². The van der Waals surface area contributed by atoms with Crippen molar-refractivity contribution in [2.24, 2.45) is 4.99 Å². The predicted molar refractivity (Wildman–Crippen MR) is 97.8 cm³/mol. The van der Waals surface area contributed by atoms with E-state index in [1.54, 1.807) is 12.4 Å². The number of halogens is 1. The molecule has 0 unspecified atom stereocenters. The Kier molecular flexibility index (Phi) is 5.87. The molecule has 0 atom stereocenters. The summed E-state index contributed by atoms with van der Waals surface area (Å²) >= 11 is 5.90. The van der Waals surface area contributed by atoms with E-state index < -0.39 is 0 Å². The Morgan fingerprint density at radius 3 is 2.71 bits per heavy atom. The molecular weight excluding hydrogens is 326 g/mol. The fourth-order valence-electron chi connectivity index (χ4n) is 2.10. The zero-order chi connectivity index (χ0) is 17.7. The van der Waals surface area contributed by atoms with Crippen LogP contribution in [-0.2, 0) is 6.42 Å². The van der Waals surface area contributed by atoms with Gasteiger partial charge in [-0.25, -0.2) is 14.6 Å². The second-order valence-electron chi connectivity index (χ2n) is 5.54. The second kappa shape index (κ2) is 7.88. The maximum absolute atomic E-state index is 5.90. The van der Waals surface area contributed by atoms with E-state index in [9.17, 15) is 0 Å². The highest BCUT2D eigenvalue weighted by Crippen LogP contribution is 2.31. The number of rotatable bonds is 6. The van der Waals surface area contributed by atoms with Gasteiger partial charge in [-0.05, 0) is 35.8 Å². The van der Waals surface area contributed by atoms with Crippen molar-refractivity contribution in [1.29, 1.82) is 0 Å². The van der Waals surface area contributed by atoms with Gasteiger partial charge in [0.15, 0.2) is 5.52 Å². The first-order valence-corrected chi connectivity index (χ1v) is 7.78. The maximum Gasteiger partial charge on any atom is 0.226 e. The molecule has 0 saturated heterocycles. The summed E-state index contributed by atoms with van der Waals surface area (Å²) in [4.78, 5) is 10.8. The zero-order valence-corrected chi connectivity index (χ0v) is 15.0. The lowest BCUT2D eigenvalue weighted by Gasteiger charge is -2.10. The van der Waals surface area contributed by atoms with Crippen LogP contribution in [0.3, 0.4) is 0 Å². The summed E-state index contributed by atoms with van der Waals surface area (Å²) in [6.07, 6.45) is 7.87. The van der Waals surface area contributed by atoms with Gasteiger partial charge in [-0.1, -0.05) is 30.3 Å². The smallest absolute Gasteiger partial charge is 0.226 e. The summed E-state index contributed by atoms with van der Waals surface area (Å²) in [6.45, 7) is 7.61. The number of fused-ring (bicyclic) bond motifs is 1. The molecule has 0 bridgehead atoms. The molecule has 0 aromatic carbocycles. The molecule has 24 heavy (non-hydrogen) atoms. The number of aryl methyl sites for hydroxylation is 1. The summed E-state index contributed by atoms with van der Waals surface area (Å²) in [5, 5.41) is 8.47. The van der Waals surface area contributed by atoms with Crippen LogP contribution in [0.15, 0.2) is 45.0 Å². The minimum atomic E-state index is 0.447. The van der Waals surface area contributed by atoms with Crippen molar-refractivity contribution in [1.82, 2.24) is 20.2 Å². The second-order valence-corrected chi connectivity index (χ2v) is 6.14. The third-order valence-corrected chi connectivity index (χ3v) is 3.41. The summed E-state index contributed by atoms with van der Waals surface area (Å²) < 4.78 is 4.82. The van der Waals surface area contributed by atoms with Gasteiger partial charge in [0.05, 0.1) is 6.34 Å². The maximum atomic E-state index is 5.90. The molecule has 0 amide bonds. The number of nitrogens with zero attached hydrogens (tertiary/aromatic N) is 5. The minimum absolute atomic E-state index is 0.447. The van der Waals surface area contributed by atoms with E-state index in [2.05, 4.69) is 26.9 Å². The molecule has 0 aliphatic heterocycles. The zero-order valence-electron chi connectivity index (χ0n) is 14.2. The lowest BCUT2D eigenvalue weighted by atomic mass is 10.0. The fraction of sp³-hybridized carbons (Fsp3) is 0.294. The Bertz CT molecular complexity index is 829. The van der Waals surface area contributed by atoms with Gasteiger partial charge in [0.1, 0.15) is 5.69 Å². The largest absolute Gasteiger partial charge is 0.369 e. The van der Waals surface area contributed by atoms with Gasteiger partial charge < -0.3 is 4.90 Å². The van der Waals surface area contributed by atoms with Crippen molar-refractivity contribution in [3.05, 3.63) is 46.7 Å². The average molecular weight is 346 g/mol. The third kappa shape index (κ3) is 4.29. The molecule has 6 nitrogen and oxygen atoms in total. The first kappa shape index (κ1) is 17.9. The minimum Gasteiger partial charge on any atom is -0.369 e. The van der Waals surface area contributed by atoms with E-state index in [1.165, 1.54) is 0 Å². The van der Waals surface area contributed by atoms with Crippen LogP contribution in [0.2, 0.25) is 0 Å². The highest BCUT2D eigenvalue weighted by Gasteiger charge is 2.16. The third-order valence-electron chi connectivity index (χ3n) is 3.28. The van der Waals surface area contributed by atoms with E-state index in [4.69, 9.17) is 16.2 Å². The topological polar surface area (TPSA) is 67.4 Å². The number of hydrogen-bond donors (Lipinski definition) is 0. The van der Waals surface area contributed by atoms with Crippen molar-refractivity contribution < 1.29 is 4.63 Å². The van der Waals surface area contributed by atoms with Crippen LogP contribution >= 0.6 is 11.6 Å². The molecule has 0 aliphatic rings. The lowest BCUT2D eigenvalue weighted by molar-refractivity contribution is 0.315. The van der Waals surface area contributed by atoms with Crippen molar-refractivity contribution >= 4 is 34.8 Å². The average Bonchev–Trinajstić information content (AvgIpc) is 2.97. The SMILES string of the molecule is C=C/C(=C\C=C(/C)Cl)Cc1c(C)nc2nonc2c1/N=C/N(C)C. The molecule has 2 aromatic heterocycles. The van der Waals surface area contributed by atoms with Crippen LogP contribution in [0.4, 0.5) is 5.69 Å². The molecule has 0 saturated carbocycles. The van der Waals surface area contributed by atoms with Gasteiger partial charge >= 0.3 is 0 Å². The predicted octanol–water partition coefficient (Wildman–Crippen LogP) is 3.95. The van der Waals surface area contributed by atoms with Gasteiger partial charge in [-0.2, -0.15) is 0 Å². The molecular formula is C17H20ClN5O. The standard InChI is InChI=1S/C17H20ClN5O/c1-6-13(8-7-11(2)18)9-14-12(3)20-17-16(21-24-22-17)15(14)19-10-23(4)5/h6-8,10H,1,9H2,2-5H3/b11-7+,13-8+,19-10+. The summed E-state index contributed by atoms with van der Waals surface area (Å²) in [6, 6.07) is 0. The fourth-order valence-corrected chi connectivity index (χ4v) is 2.16. The number of aliphatic imine (C=N–C) groups is 1. The van der Waals surface area contributed by atoms with Crippen molar-refractivity contribution in [3.63, 3.8) is 0 Å². The van der Waals surface area contributed by atoms with Crippen LogP contribution in [0.1, 0.15) is 18.2 Å². The summed E-state index contributed by atoms with van der Waals surface area (Å²) in [7, 11) is 3.80. The monoisotopic (exact) mass is 345 g/mol. The molecule has 7 heteroatoms. The lowest BCUT2D eigenvalue weighted by Crippen LogP contribution is -2.07. The molecule has 0 N–H and O–H groups in total. The number of aromatic nitrogens is 3. The van der Waals surface area contributed by atoms with Crippen molar-refractivity contribution in [3.8, 4) is 0 Å². The van der Waals surface area contributed by atoms with Crippen LogP contribution < -0.4 is 0 Å². The first-order chi connectivity index (χ1) is 11.4. The molecule has 2 heterocycles. The van der Waals surface area contributed by atoms with Crippen LogP contribution in [-0.4, -0.2) is 40.6 Å². The van der Waals surface area contributed by atoms with E-state index in [0.29, 0.717) is 28.3 Å². The molecule has 0 spiro atoms. The van der Waals surface area contributed by atoms with Crippen LogP contribution in [0.5, 0.6) is 0 Å². The molecule has 0 aliphatic carbocycles. The van der Waals surface area contributed by atoms with Crippen molar-refractivity contribution in [2.75, 3.05) is 14.1 Å². The molecule has 0 radical (unpaired) electrons. The Labute approximate surface area is 146 Å². The first-order valence-electron chi connectivity index (χ1n) is 7.40. The Morgan fingerprint density at radius 2 is 2.08 bits per heavy atom.